The number of hydrogen-bond acceptors (Lipinski definition) is 3. The largest absolute Gasteiger partial charge is 0.353 e. The number of carbonyl (C=O) groups excluding carboxylic acids is 2. The van der Waals surface area contributed by atoms with Gasteiger partial charge in [-0.25, -0.2) is 4.79 Å². The van der Waals surface area contributed by atoms with E-state index < -0.39 is 0 Å². The highest BCUT2D eigenvalue weighted by Gasteiger charge is 2.31. The van der Waals surface area contributed by atoms with Crippen molar-refractivity contribution in [3.05, 3.63) is 29.8 Å². The van der Waals surface area contributed by atoms with Crippen LogP contribution in [0.4, 0.5) is 10.5 Å². The van der Waals surface area contributed by atoms with Gasteiger partial charge in [-0.2, -0.15) is 0 Å². The second-order valence-corrected chi connectivity index (χ2v) is 7.67. The second kappa shape index (κ2) is 8.54. The van der Waals surface area contributed by atoms with E-state index in [1.165, 1.54) is 0 Å². The van der Waals surface area contributed by atoms with Crippen molar-refractivity contribution in [2.24, 2.45) is 11.8 Å². The van der Waals surface area contributed by atoms with Gasteiger partial charge in [-0.3, -0.25) is 4.79 Å². The number of benzene rings is 1. The first-order chi connectivity index (χ1) is 12.5. The van der Waals surface area contributed by atoms with Crippen LogP contribution in [0.1, 0.15) is 31.7 Å². The van der Waals surface area contributed by atoms with Gasteiger partial charge in [0.25, 0.3) is 0 Å². The van der Waals surface area contributed by atoms with Gasteiger partial charge in [0, 0.05) is 24.8 Å². The van der Waals surface area contributed by atoms with Crippen molar-refractivity contribution in [3.8, 4) is 0 Å². The lowest BCUT2D eigenvalue weighted by atomic mass is 9.92. The van der Waals surface area contributed by atoms with Gasteiger partial charge in [-0.15, -0.1) is 0 Å². The van der Waals surface area contributed by atoms with E-state index in [1.54, 1.807) is 4.90 Å². The summed E-state index contributed by atoms with van der Waals surface area (Å²) in [6.45, 7) is 7.25. The molecule has 0 bridgehead atoms. The molecule has 0 aromatic heterocycles. The van der Waals surface area contributed by atoms with Crippen molar-refractivity contribution in [2.75, 3.05) is 31.5 Å². The molecule has 0 radical (unpaired) electrons. The summed E-state index contributed by atoms with van der Waals surface area (Å²) in [4.78, 5) is 27.0. The molecule has 2 aliphatic rings. The minimum atomic E-state index is -0.122. The van der Waals surface area contributed by atoms with Crippen LogP contribution < -0.4 is 16.0 Å². The first kappa shape index (κ1) is 18.7. The molecule has 3 rings (SSSR count). The number of rotatable bonds is 3. The molecule has 3 unspecified atom stereocenters. The molecule has 6 nitrogen and oxygen atoms in total. The van der Waals surface area contributed by atoms with Gasteiger partial charge in [0.1, 0.15) is 0 Å². The van der Waals surface area contributed by atoms with E-state index in [9.17, 15) is 9.59 Å². The molecule has 2 aliphatic heterocycles. The van der Waals surface area contributed by atoms with Crippen LogP contribution in [0.3, 0.4) is 0 Å². The molecule has 26 heavy (non-hydrogen) atoms. The van der Waals surface area contributed by atoms with Crippen LogP contribution in [0.15, 0.2) is 24.3 Å². The summed E-state index contributed by atoms with van der Waals surface area (Å²) in [5, 5.41) is 9.52. The van der Waals surface area contributed by atoms with Crippen LogP contribution in [0.25, 0.3) is 0 Å². The van der Waals surface area contributed by atoms with Crippen molar-refractivity contribution in [1.29, 1.82) is 0 Å². The van der Waals surface area contributed by atoms with Crippen LogP contribution in [0.2, 0.25) is 0 Å². The van der Waals surface area contributed by atoms with Crippen LogP contribution in [0.5, 0.6) is 0 Å². The van der Waals surface area contributed by atoms with E-state index in [-0.39, 0.29) is 23.9 Å². The normalized spacial score (nSPS) is 26.2. The van der Waals surface area contributed by atoms with E-state index in [4.69, 9.17) is 0 Å². The fourth-order valence-electron chi connectivity index (χ4n) is 3.83. The van der Waals surface area contributed by atoms with Gasteiger partial charge in [0.05, 0.1) is 5.92 Å². The van der Waals surface area contributed by atoms with Crippen molar-refractivity contribution in [2.45, 2.75) is 39.2 Å². The minimum Gasteiger partial charge on any atom is -0.353 e. The number of piperidine rings is 2. The highest BCUT2D eigenvalue weighted by atomic mass is 16.2. The smallest absolute Gasteiger partial charge is 0.321 e. The van der Waals surface area contributed by atoms with E-state index >= 15 is 0 Å². The fraction of sp³-hybridized carbons (Fsp3) is 0.600. The van der Waals surface area contributed by atoms with Gasteiger partial charge in [-0.1, -0.05) is 19.1 Å². The Morgan fingerprint density at radius 1 is 1.27 bits per heavy atom. The molecule has 2 heterocycles. The summed E-state index contributed by atoms with van der Waals surface area (Å²) in [6.07, 6.45) is 2.68. The minimum absolute atomic E-state index is 0.0943. The third-order valence-corrected chi connectivity index (χ3v) is 5.46. The lowest BCUT2D eigenvalue weighted by molar-refractivity contribution is -0.127. The Hall–Kier alpha value is -2.08. The fourth-order valence-corrected chi connectivity index (χ4v) is 3.83. The number of nitrogens with zero attached hydrogens (tertiary/aromatic N) is 1. The lowest BCUT2D eigenvalue weighted by Crippen LogP contribution is -2.52. The maximum absolute atomic E-state index is 12.7. The zero-order valence-corrected chi connectivity index (χ0v) is 15.8. The van der Waals surface area contributed by atoms with Crippen LogP contribution in [-0.4, -0.2) is 49.1 Å². The molecule has 1 aromatic carbocycles. The molecular formula is C20H30N4O2. The summed E-state index contributed by atoms with van der Waals surface area (Å²) in [5.41, 5.74) is 1.90. The first-order valence-electron chi connectivity index (χ1n) is 9.66. The molecule has 1 aromatic rings. The Balaban J connectivity index is 1.54. The van der Waals surface area contributed by atoms with Crippen LogP contribution >= 0.6 is 0 Å². The Morgan fingerprint density at radius 2 is 2.12 bits per heavy atom. The van der Waals surface area contributed by atoms with E-state index in [0.717, 1.165) is 43.6 Å². The summed E-state index contributed by atoms with van der Waals surface area (Å²) in [5.74, 6) is 0.419. The molecule has 6 heteroatoms. The Morgan fingerprint density at radius 3 is 2.88 bits per heavy atom. The molecule has 3 atom stereocenters. The molecule has 3 amide bonds. The average molecular weight is 358 g/mol. The summed E-state index contributed by atoms with van der Waals surface area (Å²) >= 11 is 0. The van der Waals surface area contributed by atoms with Gasteiger partial charge < -0.3 is 20.9 Å². The zero-order chi connectivity index (χ0) is 18.5. The summed E-state index contributed by atoms with van der Waals surface area (Å²) in [7, 11) is 0. The highest BCUT2D eigenvalue weighted by molar-refractivity contribution is 5.90. The maximum Gasteiger partial charge on any atom is 0.321 e. The highest BCUT2D eigenvalue weighted by Crippen LogP contribution is 2.20. The zero-order valence-electron chi connectivity index (χ0n) is 15.8. The predicted octanol–water partition coefficient (Wildman–Crippen LogP) is 2.35. The van der Waals surface area contributed by atoms with Gasteiger partial charge in [0.2, 0.25) is 5.91 Å². The quantitative estimate of drug-likeness (QED) is 0.777. The predicted molar refractivity (Wildman–Crippen MR) is 103 cm³/mol. The molecule has 2 saturated heterocycles. The maximum atomic E-state index is 12.7. The van der Waals surface area contributed by atoms with Crippen LogP contribution in [-0.2, 0) is 4.79 Å². The molecule has 3 N–H and O–H groups in total. The topological polar surface area (TPSA) is 73.5 Å². The molecule has 0 aliphatic carbocycles. The van der Waals surface area contributed by atoms with Gasteiger partial charge in [0.15, 0.2) is 0 Å². The Kier molecular flexibility index (Phi) is 6.14. The number of carbonyl (C=O) groups is 2. The molecule has 2 fully saturated rings. The summed E-state index contributed by atoms with van der Waals surface area (Å²) in [6, 6.07) is 7.88. The number of likely N-dealkylation sites (tertiary alicyclic amines) is 1. The van der Waals surface area contributed by atoms with Gasteiger partial charge >= 0.3 is 6.03 Å². The molecule has 142 valence electrons. The van der Waals surface area contributed by atoms with Gasteiger partial charge in [-0.05, 0) is 62.9 Å². The molecule has 0 spiro atoms. The summed E-state index contributed by atoms with van der Waals surface area (Å²) < 4.78 is 0. The average Bonchev–Trinajstić information content (AvgIpc) is 2.63. The second-order valence-electron chi connectivity index (χ2n) is 7.67. The standard InChI is InChI=1S/C20H30N4O2/c1-14-5-3-7-17(11-14)22-20(26)24-10-4-6-16(13-24)19(25)23-18-8-9-21-12-15(18)2/h3,5,7,11,15-16,18,21H,4,6,8-10,12-13H2,1-2H3,(H,22,26)(H,23,25). The van der Waals surface area contributed by atoms with Crippen molar-refractivity contribution in [1.82, 2.24) is 15.5 Å². The van der Waals surface area contributed by atoms with E-state index in [2.05, 4.69) is 22.9 Å². The van der Waals surface area contributed by atoms with E-state index in [0.29, 0.717) is 19.0 Å². The Labute approximate surface area is 155 Å². The molecular weight excluding hydrogens is 328 g/mol. The number of urea groups is 1. The number of amides is 3. The molecule has 0 saturated carbocycles. The Bertz CT molecular complexity index is 648. The number of anilines is 1. The third-order valence-electron chi connectivity index (χ3n) is 5.46. The first-order valence-corrected chi connectivity index (χ1v) is 9.66. The number of hydrogen-bond donors (Lipinski definition) is 3. The van der Waals surface area contributed by atoms with Crippen molar-refractivity contribution >= 4 is 17.6 Å². The monoisotopic (exact) mass is 358 g/mol. The number of nitrogens with one attached hydrogen (secondary N) is 3. The van der Waals surface area contributed by atoms with Crippen molar-refractivity contribution in [3.63, 3.8) is 0 Å². The SMILES string of the molecule is Cc1cccc(NC(=O)N2CCCC(C(=O)NC3CCNCC3C)C2)c1. The number of aryl methyl sites for hydroxylation is 1. The van der Waals surface area contributed by atoms with Crippen molar-refractivity contribution < 1.29 is 9.59 Å². The van der Waals surface area contributed by atoms with Crippen LogP contribution in [0, 0.1) is 18.8 Å². The lowest BCUT2D eigenvalue weighted by Gasteiger charge is -2.35. The van der Waals surface area contributed by atoms with E-state index in [1.807, 2.05) is 31.2 Å². The third kappa shape index (κ3) is 4.75.